The highest BCUT2D eigenvalue weighted by molar-refractivity contribution is 6.33. The average Bonchev–Trinajstić information content (AvgIpc) is 2.89. The van der Waals surface area contributed by atoms with E-state index in [0.29, 0.717) is 10.8 Å². The summed E-state index contributed by atoms with van der Waals surface area (Å²) < 4.78 is 3.61. The Kier molecular flexibility index (Phi) is 3.11. The molecule has 0 aromatic carbocycles. The van der Waals surface area contributed by atoms with Gasteiger partial charge in [0.1, 0.15) is 10.8 Å². The molecule has 2 rings (SSSR count). The second-order valence-corrected chi connectivity index (χ2v) is 4.41. The molecule has 0 aliphatic heterocycles. The lowest BCUT2D eigenvalue weighted by Crippen LogP contribution is -2.11. The van der Waals surface area contributed by atoms with Crippen LogP contribution < -0.4 is 5.73 Å². The van der Waals surface area contributed by atoms with Crippen LogP contribution in [0.1, 0.15) is 31.1 Å². The average molecular weight is 254 g/mol. The molecule has 92 valence electrons. The molecule has 0 bridgehead atoms. The van der Waals surface area contributed by atoms with Crippen LogP contribution in [-0.2, 0) is 6.54 Å². The van der Waals surface area contributed by atoms with Crippen molar-refractivity contribution in [3.8, 4) is 0 Å². The Morgan fingerprint density at radius 3 is 2.71 bits per heavy atom. The Morgan fingerprint density at radius 1 is 1.53 bits per heavy atom. The Bertz CT molecular complexity index is 528. The van der Waals surface area contributed by atoms with E-state index in [9.17, 15) is 0 Å². The van der Waals surface area contributed by atoms with Crippen molar-refractivity contribution in [3.05, 3.63) is 28.7 Å². The number of nitrogens with zero attached hydrogens (tertiary/aromatic N) is 4. The normalized spacial score (nSPS) is 12.9. The summed E-state index contributed by atoms with van der Waals surface area (Å²) in [5, 5.41) is 9.11. The van der Waals surface area contributed by atoms with E-state index in [1.54, 1.807) is 4.68 Å². The Hall–Kier alpha value is -1.49. The van der Waals surface area contributed by atoms with Crippen LogP contribution in [0.15, 0.2) is 12.4 Å². The number of halogens is 1. The van der Waals surface area contributed by atoms with Crippen molar-refractivity contribution < 1.29 is 0 Å². The lowest BCUT2D eigenvalue weighted by atomic mass is 10.2. The summed E-state index contributed by atoms with van der Waals surface area (Å²) in [4.78, 5) is 0. The van der Waals surface area contributed by atoms with Crippen LogP contribution in [0, 0.1) is 6.92 Å². The molecule has 2 heterocycles. The summed E-state index contributed by atoms with van der Waals surface area (Å²) in [6, 6.07) is 0.0292. The zero-order chi connectivity index (χ0) is 12.6. The maximum absolute atomic E-state index is 6.03. The first-order chi connectivity index (χ1) is 8.04. The van der Waals surface area contributed by atoms with Crippen LogP contribution >= 0.6 is 11.6 Å². The van der Waals surface area contributed by atoms with E-state index in [-0.39, 0.29) is 6.04 Å². The summed E-state index contributed by atoms with van der Waals surface area (Å²) in [7, 11) is 0. The number of aromatic nitrogens is 4. The van der Waals surface area contributed by atoms with Crippen LogP contribution in [0.2, 0.25) is 5.02 Å². The number of nitrogens with two attached hydrogens (primary N) is 1. The van der Waals surface area contributed by atoms with E-state index in [4.69, 9.17) is 17.3 Å². The summed E-state index contributed by atoms with van der Waals surface area (Å²) in [5.74, 6) is 0.501. The van der Waals surface area contributed by atoms with Crippen LogP contribution in [-0.4, -0.2) is 19.6 Å². The van der Waals surface area contributed by atoms with Gasteiger partial charge in [0.15, 0.2) is 0 Å². The van der Waals surface area contributed by atoms with Gasteiger partial charge in [-0.25, -0.2) is 4.68 Å². The zero-order valence-corrected chi connectivity index (χ0v) is 10.9. The molecule has 0 fully saturated rings. The minimum Gasteiger partial charge on any atom is -0.383 e. The van der Waals surface area contributed by atoms with Crippen molar-refractivity contribution in [3.63, 3.8) is 0 Å². The molecule has 1 unspecified atom stereocenters. The molecule has 0 saturated carbocycles. The minimum absolute atomic E-state index is 0.0292. The number of aryl methyl sites for hydroxylation is 2. The molecule has 2 N–H and O–H groups in total. The predicted octanol–water partition coefficient (Wildman–Crippen LogP) is 2.25. The third kappa shape index (κ3) is 2.02. The second kappa shape index (κ2) is 4.41. The van der Waals surface area contributed by atoms with Crippen molar-refractivity contribution in [2.24, 2.45) is 0 Å². The summed E-state index contributed by atoms with van der Waals surface area (Å²) in [6.07, 6.45) is 3.83. The Labute approximate surface area is 105 Å². The molecule has 2 aromatic rings. The quantitative estimate of drug-likeness (QED) is 0.913. The van der Waals surface area contributed by atoms with Gasteiger partial charge < -0.3 is 5.73 Å². The fourth-order valence-corrected chi connectivity index (χ4v) is 1.87. The van der Waals surface area contributed by atoms with Gasteiger partial charge in [0, 0.05) is 18.3 Å². The lowest BCUT2D eigenvalue weighted by Gasteiger charge is -2.11. The number of nitrogen functional groups attached to an aromatic ring is 1. The lowest BCUT2D eigenvalue weighted by molar-refractivity contribution is 0.567. The van der Waals surface area contributed by atoms with Crippen LogP contribution in [0.5, 0.6) is 0 Å². The molecule has 0 spiro atoms. The molecule has 0 radical (unpaired) electrons. The molecule has 0 aliphatic carbocycles. The summed E-state index contributed by atoms with van der Waals surface area (Å²) >= 11 is 6.03. The van der Waals surface area contributed by atoms with Crippen molar-refractivity contribution in [2.45, 2.75) is 33.4 Å². The first-order valence-electron chi connectivity index (χ1n) is 5.57. The van der Waals surface area contributed by atoms with Gasteiger partial charge in [0.05, 0.1) is 17.9 Å². The van der Waals surface area contributed by atoms with Crippen molar-refractivity contribution in [2.75, 3.05) is 5.73 Å². The maximum atomic E-state index is 6.03. The summed E-state index contributed by atoms with van der Waals surface area (Å²) in [6.45, 7) is 6.76. The molecule has 6 heteroatoms. The topological polar surface area (TPSA) is 61.7 Å². The van der Waals surface area contributed by atoms with Crippen LogP contribution in [0.4, 0.5) is 5.82 Å². The van der Waals surface area contributed by atoms with Crippen molar-refractivity contribution in [1.29, 1.82) is 0 Å². The van der Waals surface area contributed by atoms with Gasteiger partial charge in [-0.2, -0.15) is 10.2 Å². The number of anilines is 1. The molecule has 5 nitrogen and oxygen atoms in total. The van der Waals surface area contributed by atoms with Gasteiger partial charge in [-0.05, 0) is 20.8 Å². The van der Waals surface area contributed by atoms with Crippen LogP contribution in [0.3, 0.4) is 0 Å². The van der Waals surface area contributed by atoms with Gasteiger partial charge in [0.2, 0.25) is 0 Å². The van der Waals surface area contributed by atoms with Gasteiger partial charge in [-0.3, -0.25) is 4.68 Å². The van der Waals surface area contributed by atoms with E-state index < -0.39 is 0 Å². The molecular formula is C11H16ClN5. The predicted molar refractivity (Wildman–Crippen MR) is 68.1 cm³/mol. The highest BCUT2D eigenvalue weighted by Gasteiger charge is 2.17. The SMILES string of the molecule is CCn1cc(C(C)n2nc(C)c(Cl)c2N)cn1. The highest BCUT2D eigenvalue weighted by atomic mass is 35.5. The summed E-state index contributed by atoms with van der Waals surface area (Å²) in [5.41, 5.74) is 7.74. The van der Waals surface area contributed by atoms with E-state index >= 15 is 0 Å². The number of hydrogen-bond acceptors (Lipinski definition) is 3. The van der Waals surface area contributed by atoms with Gasteiger partial charge >= 0.3 is 0 Å². The smallest absolute Gasteiger partial charge is 0.141 e. The molecule has 17 heavy (non-hydrogen) atoms. The third-order valence-corrected chi connectivity index (χ3v) is 3.34. The van der Waals surface area contributed by atoms with Gasteiger partial charge in [0.25, 0.3) is 0 Å². The number of rotatable bonds is 3. The number of hydrogen-bond donors (Lipinski definition) is 1. The Balaban J connectivity index is 2.36. The van der Waals surface area contributed by atoms with Crippen molar-refractivity contribution >= 4 is 17.4 Å². The van der Waals surface area contributed by atoms with E-state index in [0.717, 1.165) is 17.8 Å². The van der Waals surface area contributed by atoms with E-state index in [2.05, 4.69) is 10.2 Å². The van der Waals surface area contributed by atoms with Gasteiger partial charge in [-0.15, -0.1) is 0 Å². The standard InChI is InChI=1S/C11H16ClN5/c1-4-16-6-9(5-14-16)8(3)17-11(13)10(12)7(2)15-17/h5-6,8H,4,13H2,1-3H3. The van der Waals surface area contributed by atoms with Crippen LogP contribution in [0.25, 0.3) is 0 Å². The molecule has 1 atom stereocenters. The highest BCUT2D eigenvalue weighted by Crippen LogP contribution is 2.27. The molecular weight excluding hydrogens is 238 g/mol. The zero-order valence-electron chi connectivity index (χ0n) is 10.2. The molecule has 0 amide bonds. The van der Waals surface area contributed by atoms with E-state index in [1.165, 1.54) is 0 Å². The molecule has 0 saturated heterocycles. The van der Waals surface area contributed by atoms with Gasteiger partial charge in [-0.1, -0.05) is 11.6 Å². The largest absolute Gasteiger partial charge is 0.383 e. The Morgan fingerprint density at radius 2 is 2.24 bits per heavy atom. The fraction of sp³-hybridized carbons (Fsp3) is 0.455. The maximum Gasteiger partial charge on any atom is 0.141 e. The first kappa shape index (κ1) is 12.0. The van der Waals surface area contributed by atoms with E-state index in [1.807, 2.05) is 37.8 Å². The molecule has 0 aliphatic rings. The van der Waals surface area contributed by atoms with Crippen molar-refractivity contribution in [1.82, 2.24) is 19.6 Å². The monoisotopic (exact) mass is 253 g/mol. The minimum atomic E-state index is 0.0292. The molecule has 2 aromatic heterocycles. The second-order valence-electron chi connectivity index (χ2n) is 4.03. The third-order valence-electron chi connectivity index (χ3n) is 2.87. The fourth-order valence-electron chi connectivity index (χ4n) is 1.75. The first-order valence-corrected chi connectivity index (χ1v) is 5.94.